The predicted molar refractivity (Wildman–Crippen MR) is 95.3 cm³/mol. The number of carbonyl (C=O) groups excluding carboxylic acids is 1. The maximum absolute atomic E-state index is 12.9. The van der Waals surface area contributed by atoms with E-state index < -0.39 is 0 Å². The second-order valence-electron chi connectivity index (χ2n) is 6.39. The number of carbonyl (C=O) groups is 1. The Balaban J connectivity index is 2.25. The molecule has 1 saturated heterocycles. The number of rotatable bonds is 5. The highest BCUT2D eigenvalue weighted by Crippen LogP contribution is 2.24. The number of likely N-dealkylation sites (tertiary alicyclic amines) is 1. The maximum Gasteiger partial charge on any atom is 0.253 e. The van der Waals surface area contributed by atoms with Crippen LogP contribution in [0.4, 0.5) is 5.69 Å². The summed E-state index contributed by atoms with van der Waals surface area (Å²) >= 11 is 0. The van der Waals surface area contributed by atoms with Gasteiger partial charge in [0.1, 0.15) is 0 Å². The van der Waals surface area contributed by atoms with Crippen molar-refractivity contribution in [3.8, 4) is 0 Å². The predicted octanol–water partition coefficient (Wildman–Crippen LogP) is 3.99. The lowest BCUT2D eigenvalue weighted by molar-refractivity contribution is 0.0598. The van der Waals surface area contributed by atoms with E-state index in [0.717, 1.165) is 19.4 Å². The molecule has 1 aromatic carbocycles. The lowest BCUT2D eigenvalue weighted by Crippen LogP contribution is -2.48. The first-order valence-electron chi connectivity index (χ1n) is 8.13. The highest BCUT2D eigenvalue weighted by molar-refractivity contribution is 5.95. The van der Waals surface area contributed by atoms with Crippen LogP contribution in [0.15, 0.2) is 28.4 Å². The molecule has 0 bridgehead atoms. The zero-order chi connectivity index (χ0) is 18.4. The average molecular weight is 342 g/mol. The molecule has 2 unspecified atom stereocenters. The summed E-state index contributed by atoms with van der Waals surface area (Å²) in [5.41, 5.74) is 18.5. The molecule has 1 aliphatic rings. The Bertz CT molecular complexity index is 736. The van der Waals surface area contributed by atoms with Crippen LogP contribution in [0.5, 0.6) is 0 Å². The molecule has 0 spiro atoms. The molecule has 1 fully saturated rings. The maximum atomic E-state index is 12.9. The van der Waals surface area contributed by atoms with Crippen molar-refractivity contribution in [2.75, 3.05) is 20.6 Å². The molecule has 1 amide bonds. The summed E-state index contributed by atoms with van der Waals surface area (Å²) in [6, 6.07) is 5.45. The molecule has 132 valence electrons. The van der Waals surface area contributed by atoms with Gasteiger partial charge in [-0.3, -0.25) is 4.79 Å². The summed E-state index contributed by atoms with van der Waals surface area (Å²) in [6.07, 6.45) is 1.84. The minimum atomic E-state index is -0.126. The summed E-state index contributed by atoms with van der Waals surface area (Å²) in [5, 5.41) is 7.09. The number of azide groups is 2. The molecule has 1 aliphatic heterocycles. The number of hydrogen-bond acceptors (Lipinski definition) is 4. The van der Waals surface area contributed by atoms with Crippen LogP contribution >= 0.6 is 0 Å². The quantitative estimate of drug-likeness (QED) is 0.456. The van der Waals surface area contributed by atoms with Crippen LogP contribution in [-0.4, -0.2) is 48.4 Å². The van der Waals surface area contributed by atoms with Gasteiger partial charge in [-0.05, 0) is 61.6 Å². The van der Waals surface area contributed by atoms with Crippen molar-refractivity contribution in [2.24, 2.45) is 10.2 Å². The van der Waals surface area contributed by atoms with Crippen molar-refractivity contribution in [1.82, 2.24) is 9.80 Å². The molecular formula is C16H22N8O. The van der Waals surface area contributed by atoms with Crippen LogP contribution in [0.3, 0.4) is 0 Å². The van der Waals surface area contributed by atoms with E-state index in [1.165, 1.54) is 0 Å². The zero-order valence-corrected chi connectivity index (χ0v) is 14.7. The third-order valence-corrected chi connectivity index (χ3v) is 4.75. The van der Waals surface area contributed by atoms with E-state index in [4.69, 9.17) is 11.1 Å². The number of nitrogens with zero attached hydrogens (tertiary/aromatic N) is 8. The molecule has 0 saturated carbocycles. The van der Waals surface area contributed by atoms with Gasteiger partial charge in [-0.1, -0.05) is 10.2 Å². The summed E-state index contributed by atoms with van der Waals surface area (Å²) in [5.74, 6) is -0.126. The topological polar surface area (TPSA) is 121 Å². The van der Waals surface area contributed by atoms with Crippen LogP contribution in [0.2, 0.25) is 0 Å². The second kappa shape index (κ2) is 8.39. The van der Waals surface area contributed by atoms with Gasteiger partial charge in [0.15, 0.2) is 0 Å². The van der Waals surface area contributed by atoms with E-state index in [1.807, 2.05) is 0 Å². The largest absolute Gasteiger partial charge is 0.339 e. The Kier molecular flexibility index (Phi) is 6.25. The zero-order valence-electron chi connectivity index (χ0n) is 14.7. The van der Waals surface area contributed by atoms with E-state index >= 15 is 0 Å². The van der Waals surface area contributed by atoms with Crippen molar-refractivity contribution < 1.29 is 4.79 Å². The van der Waals surface area contributed by atoms with Crippen LogP contribution in [0.1, 0.15) is 35.7 Å². The summed E-state index contributed by atoms with van der Waals surface area (Å²) < 4.78 is 0. The van der Waals surface area contributed by atoms with Crippen molar-refractivity contribution in [3.63, 3.8) is 0 Å². The molecule has 9 heteroatoms. The van der Waals surface area contributed by atoms with Gasteiger partial charge < -0.3 is 9.80 Å². The lowest BCUT2D eigenvalue weighted by Gasteiger charge is -2.39. The second-order valence-corrected chi connectivity index (χ2v) is 6.39. The number of amides is 1. The Morgan fingerprint density at radius 1 is 1.36 bits per heavy atom. The Labute approximate surface area is 146 Å². The molecule has 0 radical (unpaired) electrons. The third kappa shape index (κ3) is 4.64. The highest BCUT2D eigenvalue weighted by Gasteiger charge is 2.28. The van der Waals surface area contributed by atoms with Crippen LogP contribution < -0.4 is 0 Å². The molecule has 1 aromatic rings. The summed E-state index contributed by atoms with van der Waals surface area (Å²) in [7, 11) is 3.90. The molecule has 2 atom stereocenters. The van der Waals surface area contributed by atoms with Gasteiger partial charge in [0, 0.05) is 46.8 Å². The number of hydrogen-bond donors (Lipinski definition) is 0. The van der Waals surface area contributed by atoms with Crippen molar-refractivity contribution in [2.45, 2.75) is 38.4 Å². The third-order valence-electron chi connectivity index (χ3n) is 4.75. The molecular weight excluding hydrogens is 320 g/mol. The molecule has 25 heavy (non-hydrogen) atoms. The minimum Gasteiger partial charge on any atom is -0.339 e. The average Bonchev–Trinajstić information content (AvgIpc) is 2.61. The van der Waals surface area contributed by atoms with Crippen LogP contribution in [0.25, 0.3) is 20.9 Å². The molecule has 1 heterocycles. The first-order chi connectivity index (χ1) is 12.0. The highest BCUT2D eigenvalue weighted by atomic mass is 16.2. The smallest absolute Gasteiger partial charge is 0.253 e. The van der Waals surface area contributed by atoms with E-state index in [9.17, 15) is 4.79 Å². The Morgan fingerprint density at radius 3 is 2.76 bits per heavy atom. The fraction of sp³-hybridized carbons (Fsp3) is 0.562. The van der Waals surface area contributed by atoms with Gasteiger partial charge in [-0.15, -0.1) is 0 Å². The normalized spacial score (nSPS) is 20.3. The van der Waals surface area contributed by atoms with Crippen LogP contribution in [0, 0.1) is 0 Å². The van der Waals surface area contributed by atoms with Gasteiger partial charge >= 0.3 is 0 Å². The van der Waals surface area contributed by atoms with E-state index in [1.54, 1.807) is 30.1 Å². The molecule has 9 nitrogen and oxygen atoms in total. The van der Waals surface area contributed by atoms with E-state index in [2.05, 4.69) is 38.9 Å². The van der Waals surface area contributed by atoms with E-state index in [-0.39, 0.29) is 18.5 Å². The van der Waals surface area contributed by atoms with Gasteiger partial charge in [0.05, 0.1) is 6.54 Å². The van der Waals surface area contributed by atoms with E-state index in [0.29, 0.717) is 22.9 Å². The Hall–Kier alpha value is -2.73. The number of piperidine rings is 1. The molecule has 0 aliphatic carbocycles. The Morgan fingerprint density at radius 2 is 2.12 bits per heavy atom. The van der Waals surface area contributed by atoms with Crippen LogP contribution in [-0.2, 0) is 6.54 Å². The SMILES string of the molecule is CC1CC(N(C)C(=O)c2cc(CN=[N+]=[N-])cc(N=[N+]=[N-])c2)CCN1C. The van der Waals surface area contributed by atoms with Crippen molar-refractivity contribution in [1.29, 1.82) is 0 Å². The van der Waals surface area contributed by atoms with Crippen molar-refractivity contribution >= 4 is 11.6 Å². The molecule has 0 aromatic heterocycles. The van der Waals surface area contributed by atoms with Gasteiger partial charge in [0.25, 0.3) is 5.91 Å². The first kappa shape index (κ1) is 18.6. The lowest BCUT2D eigenvalue weighted by atomic mass is 9.97. The van der Waals surface area contributed by atoms with Gasteiger partial charge in [0.2, 0.25) is 0 Å². The minimum absolute atomic E-state index is 0.0978. The molecule has 0 N–H and O–H groups in total. The van der Waals surface area contributed by atoms with Gasteiger partial charge in [-0.2, -0.15) is 0 Å². The standard InChI is InChI=1S/C16H22N8O/c1-11-6-15(4-5-23(11)2)24(3)16(25)13-7-12(10-19-21-17)8-14(9-13)20-22-18/h7-9,11,15H,4-6,10H2,1-3H3. The monoisotopic (exact) mass is 342 g/mol. The number of benzene rings is 1. The first-order valence-corrected chi connectivity index (χ1v) is 8.13. The fourth-order valence-corrected chi connectivity index (χ4v) is 3.10. The molecule has 2 rings (SSSR count). The summed E-state index contributed by atoms with van der Waals surface area (Å²) in [6.45, 7) is 3.20. The summed E-state index contributed by atoms with van der Waals surface area (Å²) in [4.78, 5) is 22.4. The van der Waals surface area contributed by atoms with Gasteiger partial charge in [-0.25, -0.2) is 0 Å². The fourth-order valence-electron chi connectivity index (χ4n) is 3.10. The van der Waals surface area contributed by atoms with Crippen molar-refractivity contribution in [3.05, 3.63) is 50.2 Å².